The molecule has 0 fully saturated rings. The Kier molecular flexibility index (Phi) is 6.18. The van der Waals surface area contributed by atoms with E-state index in [4.69, 9.17) is 20.4 Å². The molecule has 3 heterocycles. The van der Waals surface area contributed by atoms with Gasteiger partial charge in [0.25, 0.3) is 0 Å². The molecule has 0 unspecified atom stereocenters. The maximum absolute atomic E-state index is 6.13. The van der Waals surface area contributed by atoms with Gasteiger partial charge in [-0.25, -0.2) is 9.97 Å². The fourth-order valence-electron chi connectivity index (χ4n) is 3.45. The molecule has 4 rings (SSSR count). The minimum atomic E-state index is 0.379. The Morgan fingerprint density at radius 2 is 2.00 bits per heavy atom. The number of rotatable bonds is 8. The Labute approximate surface area is 187 Å². The van der Waals surface area contributed by atoms with Crippen LogP contribution in [0.2, 0.25) is 0 Å². The third-order valence-corrected chi connectivity index (χ3v) is 5.02. The van der Waals surface area contributed by atoms with Crippen LogP contribution in [0.25, 0.3) is 22.4 Å². The predicted molar refractivity (Wildman–Crippen MR) is 127 cm³/mol. The van der Waals surface area contributed by atoms with Gasteiger partial charge in [-0.2, -0.15) is 5.10 Å². The van der Waals surface area contributed by atoms with E-state index in [-0.39, 0.29) is 0 Å². The van der Waals surface area contributed by atoms with Gasteiger partial charge >= 0.3 is 0 Å². The number of hydrogen-bond donors (Lipinski definition) is 2. The second-order valence-corrected chi connectivity index (χ2v) is 7.89. The summed E-state index contributed by atoms with van der Waals surface area (Å²) in [6, 6.07) is 9.94. The lowest BCUT2D eigenvalue weighted by atomic mass is 10.2. The molecule has 0 aliphatic carbocycles. The van der Waals surface area contributed by atoms with Crippen LogP contribution in [0.3, 0.4) is 0 Å². The lowest BCUT2D eigenvalue weighted by molar-refractivity contribution is 0.415. The van der Waals surface area contributed by atoms with E-state index in [0.29, 0.717) is 29.7 Å². The van der Waals surface area contributed by atoms with E-state index < -0.39 is 0 Å². The first-order valence-corrected chi connectivity index (χ1v) is 10.5. The zero-order valence-corrected chi connectivity index (χ0v) is 18.8. The standard InChI is InChI=1S/C23H28N8O/c1-15(2)25-7-8-31(18-9-17(24)10-19(11-18)32-4)22-6-5-20-23(29-22)28-21(13-26-20)16-12-27-30(3)14-16/h5-6,9-15,25H,7-8,24H2,1-4H3. The first kappa shape index (κ1) is 21.5. The van der Waals surface area contributed by atoms with Gasteiger partial charge < -0.3 is 20.7 Å². The van der Waals surface area contributed by atoms with Crippen LogP contribution in [-0.4, -0.2) is 51.0 Å². The summed E-state index contributed by atoms with van der Waals surface area (Å²) in [4.78, 5) is 16.2. The summed E-state index contributed by atoms with van der Waals surface area (Å²) in [7, 11) is 3.50. The number of ether oxygens (including phenoxy) is 1. The molecule has 0 bridgehead atoms. The highest BCUT2D eigenvalue weighted by molar-refractivity contribution is 5.77. The molecule has 1 aromatic carbocycles. The van der Waals surface area contributed by atoms with Crippen LogP contribution < -0.4 is 20.7 Å². The highest BCUT2D eigenvalue weighted by Gasteiger charge is 2.15. The smallest absolute Gasteiger partial charge is 0.180 e. The summed E-state index contributed by atoms with van der Waals surface area (Å²) < 4.78 is 7.17. The van der Waals surface area contributed by atoms with Crippen molar-refractivity contribution >= 4 is 28.4 Å². The first-order chi connectivity index (χ1) is 15.4. The molecular weight excluding hydrogens is 404 g/mol. The van der Waals surface area contributed by atoms with E-state index in [1.54, 1.807) is 30.3 Å². The number of aromatic nitrogens is 5. The number of hydrogen-bond acceptors (Lipinski definition) is 8. The number of nitrogen functional groups attached to an aromatic ring is 1. The summed E-state index contributed by atoms with van der Waals surface area (Å²) in [6.45, 7) is 5.71. The largest absolute Gasteiger partial charge is 0.497 e. The molecular formula is C23H28N8O. The monoisotopic (exact) mass is 432 g/mol. The molecule has 0 aliphatic rings. The average Bonchev–Trinajstić information content (AvgIpc) is 3.21. The van der Waals surface area contributed by atoms with Crippen LogP contribution in [0.1, 0.15) is 13.8 Å². The fraction of sp³-hybridized carbons (Fsp3) is 0.304. The summed E-state index contributed by atoms with van der Waals surface area (Å²) >= 11 is 0. The van der Waals surface area contributed by atoms with Crippen molar-refractivity contribution in [2.45, 2.75) is 19.9 Å². The van der Waals surface area contributed by atoms with Crippen molar-refractivity contribution < 1.29 is 4.74 Å². The molecule has 4 aromatic rings. The van der Waals surface area contributed by atoms with Crippen molar-refractivity contribution in [3.63, 3.8) is 0 Å². The van der Waals surface area contributed by atoms with Gasteiger partial charge in [-0.1, -0.05) is 13.8 Å². The van der Waals surface area contributed by atoms with Crippen molar-refractivity contribution in [1.82, 2.24) is 30.0 Å². The fourth-order valence-corrected chi connectivity index (χ4v) is 3.45. The molecule has 3 N–H and O–H groups in total. The second kappa shape index (κ2) is 9.19. The summed E-state index contributed by atoms with van der Waals surface area (Å²) in [6.07, 6.45) is 5.42. The van der Waals surface area contributed by atoms with Crippen LogP contribution >= 0.6 is 0 Å². The van der Waals surface area contributed by atoms with Crippen molar-refractivity contribution in [3.05, 3.63) is 48.9 Å². The van der Waals surface area contributed by atoms with Gasteiger partial charge in [0.05, 0.1) is 25.2 Å². The molecule has 166 valence electrons. The Balaban J connectivity index is 1.75. The van der Waals surface area contributed by atoms with Crippen molar-refractivity contribution in [2.24, 2.45) is 7.05 Å². The number of nitrogens with two attached hydrogens (primary N) is 1. The Hall–Kier alpha value is -3.72. The van der Waals surface area contributed by atoms with Gasteiger partial charge in [-0.05, 0) is 18.2 Å². The summed E-state index contributed by atoms with van der Waals surface area (Å²) in [5.74, 6) is 1.45. The van der Waals surface area contributed by atoms with Gasteiger partial charge in [-0.15, -0.1) is 0 Å². The normalized spacial score (nSPS) is 11.3. The van der Waals surface area contributed by atoms with E-state index in [0.717, 1.165) is 34.8 Å². The number of nitrogens with one attached hydrogen (secondary N) is 1. The Bertz CT molecular complexity index is 1220. The predicted octanol–water partition coefficient (Wildman–Crippen LogP) is 3.15. The number of fused-ring (bicyclic) bond motifs is 1. The summed E-state index contributed by atoms with van der Waals surface area (Å²) in [5.41, 5.74) is 10.6. The molecule has 9 nitrogen and oxygen atoms in total. The topological polar surface area (TPSA) is 107 Å². The van der Waals surface area contributed by atoms with Crippen LogP contribution in [0.15, 0.2) is 48.9 Å². The van der Waals surface area contributed by atoms with E-state index >= 15 is 0 Å². The number of benzene rings is 1. The van der Waals surface area contributed by atoms with Crippen LogP contribution in [0.4, 0.5) is 17.2 Å². The van der Waals surface area contributed by atoms with Crippen molar-refractivity contribution in [1.29, 1.82) is 0 Å². The second-order valence-electron chi connectivity index (χ2n) is 7.89. The number of aryl methyl sites for hydroxylation is 1. The van der Waals surface area contributed by atoms with Crippen molar-refractivity contribution in [2.75, 3.05) is 30.8 Å². The Morgan fingerprint density at radius 3 is 2.72 bits per heavy atom. The van der Waals surface area contributed by atoms with E-state index in [1.165, 1.54) is 0 Å². The Morgan fingerprint density at radius 1 is 1.16 bits per heavy atom. The van der Waals surface area contributed by atoms with Gasteiger partial charge in [0.1, 0.15) is 17.1 Å². The number of methoxy groups -OCH3 is 1. The molecule has 3 aromatic heterocycles. The zero-order chi connectivity index (χ0) is 22.7. The van der Waals surface area contributed by atoms with Crippen LogP contribution in [0.5, 0.6) is 5.75 Å². The molecule has 9 heteroatoms. The van der Waals surface area contributed by atoms with Gasteiger partial charge in [0.15, 0.2) is 5.65 Å². The maximum atomic E-state index is 6.13. The lowest BCUT2D eigenvalue weighted by Crippen LogP contribution is -2.33. The lowest BCUT2D eigenvalue weighted by Gasteiger charge is -2.25. The number of pyridine rings is 1. The summed E-state index contributed by atoms with van der Waals surface area (Å²) in [5, 5.41) is 7.68. The molecule has 0 saturated heterocycles. The highest BCUT2D eigenvalue weighted by atomic mass is 16.5. The highest BCUT2D eigenvalue weighted by Crippen LogP contribution is 2.30. The third kappa shape index (κ3) is 4.78. The SMILES string of the molecule is COc1cc(N)cc(N(CCNC(C)C)c2ccc3ncc(-c4cnn(C)c4)nc3n2)c1. The van der Waals surface area contributed by atoms with Gasteiger partial charge in [-0.3, -0.25) is 9.67 Å². The molecule has 0 spiro atoms. The zero-order valence-electron chi connectivity index (χ0n) is 18.8. The molecule has 0 radical (unpaired) electrons. The third-order valence-electron chi connectivity index (χ3n) is 5.02. The molecule has 0 amide bonds. The van der Waals surface area contributed by atoms with Crippen LogP contribution in [-0.2, 0) is 7.05 Å². The maximum Gasteiger partial charge on any atom is 0.180 e. The van der Waals surface area contributed by atoms with E-state index in [2.05, 4.69) is 34.1 Å². The minimum absolute atomic E-state index is 0.379. The molecule has 32 heavy (non-hydrogen) atoms. The quantitative estimate of drug-likeness (QED) is 0.409. The van der Waals surface area contributed by atoms with Crippen LogP contribution in [0, 0.1) is 0 Å². The van der Waals surface area contributed by atoms with Gasteiger partial charge in [0.2, 0.25) is 0 Å². The van der Waals surface area contributed by atoms with Gasteiger partial charge in [0, 0.05) is 61.4 Å². The van der Waals surface area contributed by atoms with E-state index in [9.17, 15) is 0 Å². The van der Waals surface area contributed by atoms with E-state index in [1.807, 2.05) is 37.5 Å². The molecule has 0 aliphatic heterocycles. The molecule has 0 atom stereocenters. The first-order valence-electron chi connectivity index (χ1n) is 10.5. The molecule has 0 saturated carbocycles. The average molecular weight is 433 g/mol. The minimum Gasteiger partial charge on any atom is -0.497 e. The number of nitrogens with zero attached hydrogens (tertiary/aromatic N) is 6. The van der Waals surface area contributed by atoms with Crippen molar-refractivity contribution in [3.8, 4) is 17.0 Å². The number of anilines is 3.